The Kier molecular flexibility index (Phi) is 4.74. The molecule has 1 aliphatic heterocycles. The van der Waals surface area contributed by atoms with Crippen LogP contribution in [-0.2, 0) is 0 Å². The summed E-state index contributed by atoms with van der Waals surface area (Å²) in [7, 11) is 0. The predicted octanol–water partition coefficient (Wildman–Crippen LogP) is 4.67. The van der Waals surface area contributed by atoms with Crippen molar-refractivity contribution in [2.45, 2.75) is 19.9 Å². The number of aryl methyl sites for hydroxylation is 1. The van der Waals surface area contributed by atoms with Gasteiger partial charge in [-0.1, -0.05) is 43.3 Å². The lowest BCUT2D eigenvalue weighted by Gasteiger charge is -2.47. The molecule has 2 amide bonds. The van der Waals surface area contributed by atoms with Crippen LogP contribution >= 0.6 is 0 Å². The zero-order chi connectivity index (χ0) is 19.7. The molecule has 2 aromatic carbocycles. The SMILES string of the molecule is Cc1ccc(C(=O)N2C[C@H](C)[C@H]2c2ccccc2)cc1NC(=O)c1ccco1. The van der Waals surface area contributed by atoms with Gasteiger partial charge in [-0.2, -0.15) is 0 Å². The van der Waals surface area contributed by atoms with Gasteiger partial charge >= 0.3 is 0 Å². The highest BCUT2D eigenvalue weighted by Crippen LogP contribution is 2.39. The Balaban J connectivity index is 1.56. The summed E-state index contributed by atoms with van der Waals surface area (Å²) >= 11 is 0. The topological polar surface area (TPSA) is 62.6 Å². The van der Waals surface area contributed by atoms with E-state index in [0.29, 0.717) is 17.2 Å². The minimum absolute atomic E-state index is 0.0274. The Hall–Kier alpha value is -3.34. The van der Waals surface area contributed by atoms with Crippen LogP contribution in [0.5, 0.6) is 0 Å². The van der Waals surface area contributed by atoms with Crippen molar-refractivity contribution < 1.29 is 14.0 Å². The molecular weight excluding hydrogens is 352 g/mol. The van der Waals surface area contributed by atoms with E-state index < -0.39 is 0 Å². The molecule has 0 unspecified atom stereocenters. The van der Waals surface area contributed by atoms with Crippen molar-refractivity contribution in [3.05, 3.63) is 89.4 Å². The fraction of sp³-hybridized carbons (Fsp3) is 0.217. The maximum absolute atomic E-state index is 13.1. The average molecular weight is 374 g/mol. The second kappa shape index (κ2) is 7.35. The van der Waals surface area contributed by atoms with Gasteiger partial charge in [0.05, 0.1) is 12.3 Å². The molecule has 0 aliphatic carbocycles. The number of carbonyl (C=O) groups is 2. The van der Waals surface area contributed by atoms with Crippen LogP contribution < -0.4 is 5.32 Å². The molecule has 0 radical (unpaired) electrons. The number of hydrogen-bond donors (Lipinski definition) is 1. The van der Waals surface area contributed by atoms with Crippen molar-refractivity contribution in [3.63, 3.8) is 0 Å². The fourth-order valence-corrected chi connectivity index (χ4v) is 3.71. The van der Waals surface area contributed by atoms with Crippen LogP contribution in [0.15, 0.2) is 71.3 Å². The summed E-state index contributed by atoms with van der Waals surface area (Å²) in [6.07, 6.45) is 1.45. The first-order valence-corrected chi connectivity index (χ1v) is 9.36. The maximum atomic E-state index is 13.1. The first-order chi connectivity index (χ1) is 13.5. The third kappa shape index (κ3) is 3.31. The van der Waals surface area contributed by atoms with E-state index in [4.69, 9.17) is 4.42 Å². The average Bonchev–Trinajstić information content (AvgIpc) is 3.23. The van der Waals surface area contributed by atoms with Crippen LogP contribution in [-0.4, -0.2) is 23.3 Å². The van der Waals surface area contributed by atoms with Crippen molar-refractivity contribution in [1.82, 2.24) is 4.90 Å². The van der Waals surface area contributed by atoms with Gasteiger partial charge in [0, 0.05) is 17.8 Å². The molecule has 5 nitrogen and oxygen atoms in total. The summed E-state index contributed by atoms with van der Waals surface area (Å²) in [6.45, 7) is 4.77. The molecule has 1 N–H and O–H groups in total. The normalized spacial score (nSPS) is 18.4. The highest BCUT2D eigenvalue weighted by Gasteiger charge is 2.40. The van der Waals surface area contributed by atoms with Crippen molar-refractivity contribution in [2.75, 3.05) is 11.9 Å². The lowest BCUT2D eigenvalue weighted by molar-refractivity contribution is 0.0198. The highest BCUT2D eigenvalue weighted by molar-refractivity contribution is 6.04. The van der Waals surface area contributed by atoms with Gasteiger partial charge in [0.15, 0.2) is 5.76 Å². The number of nitrogens with one attached hydrogen (secondary N) is 1. The maximum Gasteiger partial charge on any atom is 0.291 e. The number of likely N-dealkylation sites (tertiary alicyclic amines) is 1. The lowest BCUT2D eigenvalue weighted by Crippen LogP contribution is -2.51. The third-order valence-electron chi connectivity index (χ3n) is 5.24. The van der Waals surface area contributed by atoms with Crippen molar-refractivity contribution in [2.24, 2.45) is 5.92 Å². The minimum atomic E-state index is -0.336. The van der Waals surface area contributed by atoms with Crippen LogP contribution in [0.25, 0.3) is 0 Å². The van der Waals surface area contributed by atoms with Crippen molar-refractivity contribution >= 4 is 17.5 Å². The van der Waals surface area contributed by atoms with E-state index >= 15 is 0 Å². The summed E-state index contributed by atoms with van der Waals surface area (Å²) < 4.78 is 5.14. The number of rotatable bonds is 4. The Morgan fingerprint density at radius 2 is 1.86 bits per heavy atom. The van der Waals surface area contributed by atoms with E-state index in [9.17, 15) is 9.59 Å². The molecule has 2 heterocycles. The Morgan fingerprint density at radius 1 is 1.07 bits per heavy atom. The van der Waals surface area contributed by atoms with Crippen LogP contribution in [0, 0.1) is 12.8 Å². The van der Waals surface area contributed by atoms with E-state index in [1.54, 1.807) is 18.2 Å². The van der Waals surface area contributed by atoms with Gasteiger partial charge < -0.3 is 14.6 Å². The Bertz CT molecular complexity index is 996. The van der Waals surface area contributed by atoms with Crippen molar-refractivity contribution in [3.8, 4) is 0 Å². The monoisotopic (exact) mass is 374 g/mol. The molecule has 0 spiro atoms. The molecule has 142 valence electrons. The third-order valence-corrected chi connectivity index (χ3v) is 5.24. The molecule has 5 heteroatoms. The minimum Gasteiger partial charge on any atom is -0.459 e. The molecule has 2 atom stereocenters. The van der Waals surface area contributed by atoms with E-state index in [2.05, 4.69) is 24.4 Å². The van der Waals surface area contributed by atoms with Crippen molar-refractivity contribution in [1.29, 1.82) is 0 Å². The molecule has 1 fully saturated rings. The summed E-state index contributed by atoms with van der Waals surface area (Å²) in [6, 6.07) is 18.8. The van der Waals surface area contributed by atoms with Crippen LogP contribution in [0.4, 0.5) is 5.69 Å². The highest BCUT2D eigenvalue weighted by atomic mass is 16.3. The molecule has 3 aromatic rings. The number of anilines is 1. The van der Waals surface area contributed by atoms with Gasteiger partial charge in [-0.3, -0.25) is 9.59 Å². The quantitative estimate of drug-likeness (QED) is 0.722. The standard InChI is InChI=1S/C23H22N2O3/c1-15-10-11-18(13-19(15)24-22(26)20-9-6-12-28-20)23(27)25-14-16(2)21(25)17-7-4-3-5-8-17/h3-13,16,21H,14H2,1-2H3,(H,24,26)/t16-,21-/m0/s1. The van der Waals surface area contributed by atoms with Gasteiger partial charge in [0.25, 0.3) is 11.8 Å². The number of benzene rings is 2. The second-order valence-corrected chi connectivity index (χ2v) is 7.25. The molecule has 4 rings (SSSR count). The second-order valence-electron chi connectivity index (χ2n) is 7.25. The molecule has 0 saturated carbocycles. The number of amides is 2. The Labute approximate surface area is 164 Å². The molecule has 0 bridgehead atoms. The number of furan rings is 1. The van der Waals surface area contributed by atoms with Gasteiger partial charge in [0.1, 0.15) is 0 Å². The first kappa shape index (κ1) is 18.0. The molecule has 1 aliphatic rings. The summed E-state index contributed by atoms with van der Waals surface area (Å²) in [4.78, 5) is 27.3. The molecule has 1 saturated heterocycles. The van der Waals surface area contributed by atoms with E-state index in [-0.39, 0.29) is 23.6 Å². The van der Waals surface area contributed by atoms with Gasteiger partial charge in [-0.05, 0) is 48.2 Å². The van der Waals surface area contributed by atoms with E-state index in [1.165, 1.54) is 6.26 Å². The molecular formula is C23H22N2O3. The zero-order valence-corrected chi connectivity index (χ0v) is 15.9. The van der Waals surface area contributed by atoms with Crippen LogP contribution in [0.1, 0.15) is 45.0 Å². The smallest absolute Gasteiger partial charge is 0.291 e. The summed E-state index contributed by atoms with van der Waals surface area (Å²) in [5.74, 6) is 0.282. The van der Waals surface area contributed by atoms with Gasteiger partial charge in [-0.25, -0.2) is 0 Å². The molecule has 1 aromatic heterocycles. The summed E-state index contributed by atoms with van der Waals surface area (Å²) in [5.41, 5.74) is 3.20. The van der Waals surface area contributed by atoms with Gasteiger partial charge in [-0.15, -0.1) is 0 Å². The number of nitrogens with zero attached hydrogens (tertiary/aromatic N) is 1. The number of hydrogen-bond acceptors (Lipinski definition) is 3. The van der Waals surface area contributed by atoms with Crippen LogP contribution in [0.3, 0.4) is 0 Å². The lowest BCUT2D eigenvalue weighted by atomic mass is 9.84. The Morgan fingerprint density at radius 3 is 2.54 bits per heavy atom. The summed E-state index contributed by atoms with van der Waals surface area (Å²) in [5, 5.41) is 2.83. The van der Waals surface area contributed by atoms with E-state index in [0.717, 1.165) is 17.7 Å². The van der Waals surface area contributed by atoms with E-state index in [1.807, 2.05) is 42.2 Å². The fourth-order valence-electron chi connectivity index (χ4n) is 3.71. The van der Waals surface area contributed by atoms with Gasteiger partial charge in [0.2, 0.25) is 0 Å². The zero-order valence-electron chi connectivity index (χ0n) is 15.9. The predicted molar refractivity (Wildman–Crippen MR) is 107 cm³/mol. The first-order valence-electron chi connectivity index (χ1n) is 9.36. The largest absolute Gasteiger partial charge is 0.459 e. The molecule has 28 heavy (non-hydrogen) atoms. The van der Waals surface area contributed by atoms with Crippen LogP contribution in [0.2, 0.25) is 0 Å². The number of carbonyl (C=O) groups excluding carboxylic acids is 2.